The van der Waals surface area contributed by atoms with Gasteiger partial charge in [-0.15, -0.1) is 0 Å². The molecule has 0 aliphatic carbocycles. The van der Waals surface area contributed by atoms with Crippen molar-refractivity contribution in [3.05, 3.63) is 29.8 Å². The molecule has 2 amide bonds. The Hall–Kier alpha value is -2.81. The monoisotopic (exact) mass is 360 g/mol. The van der Waals surface area contributed by atoms with E-state index in [0.717, 1.165) is 17.3 Å². The lowest BCUT2D eigenvalue weighted by Crippen LogP contribution is -2.15. The van der Waals surface area contributed by atoms with Crippen LogP contribution in [0, 0.1) is 6.92 Å². The smallest absolute Gasteiger partial charge is 0.234 e. The number of amides is 2. The third-order valence-corrected chi connectivity index (χ3v) is 4.04. The number of nitrogens with one attached hydrogen (secondary N) is 2. The van der Waals surface area contributed by atoms with Crippen LogP contribution in [0.1, 0.15) is 18.9 Å². The predicted molar refractivity (Wildman–Crippen MR) is 100 cm³/mol. The van der Waals surface area contributed by atoms with Crippen molar-refractivity contribution < 1.29 is 9.59 Å². The molecule has 0 saturated heterocycles. The van der Waals surface area contributed by atoms with Gasteiger partial charge in [0.15, 0.2) is 5.16 Å². The first-order valence-electron chi connectivity index (χ1n) is 7.60. The number of aryl methyl sites for hydroxylation is 1. The number of thioether (sulfide) groups is 1. The number of nitrogen functional groups attached to an aromatic ring is 2. The first-order valence-corrected chi connectivity index (χ1v) is 8.59. The molecular weight excluding hydrogens is 340 g/mol. The van der Waals surface area contributed by atoms with E-state index in [-0.39, 0.29) is 29.2 Å². The van der Waals surface area contributed by atoms with Gasteiger partial charge in [-0.2, -0.15) is 0 Å². The molecule has 1 aromatic carbocycles. The van der Waals surface area contributed by atoms with Gasteiger partial charge in [0.05, 0.1) is 5.75 Å². The van der Waals surface area contributed by atoms with Crippen molar-refractivity contribution in [2.24, 2.45) is 0 Å². The highest BCUT2D eigenvalue weighted by Gasteiger charge is 2.09. The molecular formula is C16H20N6O2S. The van der Waals surface area contributed by atoms with Gasteiger partial charge in [-0.05, 0) is 24.6 Å². The second kappa shape index (κ2) is 8.34. The minimum Gasteiger partial charge on any atom is -0.383 e. The fraction of sp³-hybridized carbons (Fsp3) is 0.250. The topological polar surface area (TPSA) is 136 Å². The zero-order valence-electron chi connectivity index (χ0n) is 14.0. The lowest BCUT2D eigenvalue weighted by atomic mass is 10.1. The second-order valence-electron chi connectivity index (χ2n) is 5.27. The normalized spacial score (nSPS) is 10.3. The van der Waals surface area contributed by atoms with Crippen LogP contribution < -0.4 is 22.1 Å². The maximum Gasteiger partial charge on any atom is 0.234 e. The fourth-order valence-corrected chi connectivity index (χ4v) is 2.60. The van der Waals surface area contributed by atoms with Crippen LogP contribution >= 0.6 is 11.8 Å². The molecule has 0 aliphatic rings. The number of anilines is 4. The maximum absolute atomic E-state index is 12.1. The molecule has 0 spiro atoms. The summed E-state index contributed by atoms with van der Waals surface area (Å²) in [5.74, 6) is 0.299. The van der Waals surface area contributed by atoms with Crippen molar-refractivity contribution in [2.75, 3.05) is 27.9 Å². The molecule has 0 aliphatic heterocycles. The average molecular weight is 360 g/mol. The SMILES string of the molecule is CCC(=O)Nc1cc(NC(=O)CSc2nc(N)cc(N)n2)ccc1C. The number of nitrogens with zero attached hydrogens (tertiary/aromatic N) is 2. The molecule has 25 heavy (non-hydrogen) atoms. The summed E-state index contributed by atoms with van der Waals surface area (Å²) >= 11 is 1.13. The minimum absolute atomic E-state index is 0.0847. The van der Waals surface area contributed by atoms with Crippen LogP contribution in [0.5, 0.6) is 0 Å². The summed E-state index contributed by atoms with van der Waals surface area (Å²) in [5, 5.41) is 5.91. The van der Waals surface area contributed by atoms with Gasteiger partial charge in [-0.3, -0.25) is 9.59 Å². The number of benzene rings is 1. The summed E-state index contributed by atoms with van der Waals surface area (Å²) in [6, 6.07) is 6.77. The average Bonchev–Trinajstić information content (AvgIpc) is 2.55. The third kappa shape index (κ3) is 5.64. The van der Waals surface area contributed by atoms with Gasteiger partial charge < -0.3 is 22.1 Å². The second-order valence-corrected chi connectivity index (χ2v) is 6.21. The van der Waals surface area contributed by atoms with Gasteiger partial charge >= 0.3 is 0 Å². The van der Waals surface area contributed by atoms with E-state index >= 15 is 0 Å². The van der Waals surface area contributed by atoms with E-state index < -0.39 is 0 Å². The molecule has 0 unspecified atom stereocenters. The van der Waals surface area contributed by atoms with E-state index in [4.69, 9.17) is 11.5 Å². The van der Waals surface area contributed by atoms with Gasteiger partial charge in [-0.25, -0.2) is 9.97 Å². The number of nitrogens with two attached hydrogens (primary N) is 2. The Labute approximate surface area is 149 Å². The molecule has 132 valence electrons. The lowest BCUT2D eigenvalue weighted by Gasteiger charge is -2.11. The molecule has 2 rings (SSSR count). The first kappa shape index (κ1) is 18.5. The molecule has 1 heterocycles. The van der Waals surface area contributed by atoms with Crippen LogP contribution in [-0.4, -0.2) is 27.5 Å². The van der Waals surface area contributed by atoms with Crippen LogP contribution in [0.25, 0.3) is 0 Å². The molecule has 0 saturated carbocycles. The zero-order chi connectivity index (χ0) is 18.4. The van der Waals surface area contributed by atoms with E-state index in [1.165, 1.54) is 6.07 Å². The Morgan fingerprint density at radius 2 is 1.76 bits per heavy atom. The number of rotatable bonds is 6. The Bertz CT molecular complexity index is 776. The van der Waals surface area contributed by atoms with Crippen LogP contribution in [0.3, 0.4) is 0 Å². The molecule has 0 radical (unpaired) electrons. The number of carbonyl (C=O) groups excluding carboxylic acids is 2. The summed E-state index contributed by atoms with van der Waals surface area (Å²) in [5.41, 5.74) is 13.4. The van der Waals surface area contributed by atoms with Gasteiger partial charge in [0.1, 0.15) is 11.6 Å². The number of aromatic nitrogens is 2. The molecule has 0 fully saturated rings. The standard InChI is InChI=1S/C16H20N6O2S/c1-3-14(23)20-11-6-10(5-4-9(11)2)19-15(24)8-25-16-21-12(17)7-13(18)22-16/h4-7H,3,8H2,1-2H3,(H,19,24)(H,20,23)(H4,17,18,21,22). The van der Waals surface area contributed by atoms with Crippen molar-refractivity contribution in [3.8, 4) is 0 Å². The third-order valence-electron chi connectivity index (χ3n) is 3.19. The molecule has 1 aromatic heterocycles. The molecule has 8 nitrogen and oxygen atoms in total. The van der Waals surface area contributed by atoms with Crippen molar-refractivity contribution in [2.45, 2.75) is 25.4 Å². The Kier molecular flexibility index (Phi) is 6.18. The maximum atomic E-state index is 12.1. The summed E-state index contributed by atoms with van der Waals surface area (Å²) < 4.78 is 0. The van der Waals surface area contributed by atoms with E-state index in [9.17, 15) is 9.59 Å². The minimum atomic E-state index is -0.230. The fourth-order valence-electron chi connectivity index (χ4n) is 1.93. The van der Waals surface area contributed by atoms with Crippen LogP contribution in [0.2, 0.25) is 0 Å². The summed E-state index contributed by atoms with van der Waals surface area (Å²) in [7, 11) is 0. The summed E-state index contributed by atoms with van der Waals surface area (Å²) in [6.07, 6.45) is 0.385. The highest BCUT2D eigenvalue weighted by Crippen LogP contribution is 2.21. The quantitative estimate of drug-likeness (QED) is 0.457. The highest BCUT2D eigenvalue weighted by atomic mass is 32.2. The molecule has 6 N–H and O–H groups in total. The Morgan fingerprint density at radius 3 is 2.40 bits per heavy atom. The van der Waals surface area contributed by atoms with E-state index in [1.54, 1.807) is 19.1 Å². The van der Waals surface area contributed by atoms with Crippen LogP contribution in [0.15, 0.2) is 29.4 Å². The van der Waals surface area contributed by atoms with Crippen molar-refractivity contribution in [1.82, 2.24) is 9.97 Å². The number of carbonyl (C=O) groups is 2. The Morgan fingerprint density at radius 1 is 1.08 bits per heavy atom. The molecule has 0 atom stereocenters. The van der Waals surface area contributed by atoms with Crippen LogP contribution in [0.4, 0.5) is 23.0 Å². The largest absolute Gasteiger partial charge is 0.383 e. The summed E-state index contributed by atoms with van der Waals surface area (Å²) in [4.78, 5) is 31.6. The highest BCUT2D eigenvalue weighted by molar-refractivity contribution is 7.99. The van der Waals surface area contributed by atoms with E-state index in [1.807, 2.05) is 13.0 Å². The molecule has 2 aromatic rings. The van der Waals surface area contributed by atoms with Gasteiger partial charge in [0.2, 0.25) is 11.8 Å². The van der Waals surface area contributed by atoms with Crippen LogP contribution in [-0.2, 0) is 9.59 Å². The van der Waals surface area contributed by atoms with E-state index in [2.05, 4.69) is 20.6 Å². The zero-order valence-corrected chi connectivity index (χ0v) is 14.8. The summed E-state index contributed by atoms with van der Waals surface area (Å²) in [6.45, 7) is 3.66. The van der Waals surface area contributed by atoms with Crippen molar-refractivity contribution in [1.29, 1.82) is 0 Å². The predicted octanol–water partition coefficient (Wildman–Crippen LogP) is 2.03. The Balaban J connectivity index is 1.98. The molecule has 9 heteroatoms. The number of hydrogen-bond acceptors (Lipinski definition) is 7. The van der Waals surface area contributed by atoms with Crippen molar-refractivity contribution in [3.63, 3.8) is 0 Å². The van der Waals surface area contributed by atoms with Gasteiger partial charge in [0.25, 0.3) is 0 Å². The number of hydrogen-bond donors (Lipinski definition) is 4. The van der Waals surface area contributed by atoms with Gasteiger partial charge in [0, 0.05) is 23.9 Å². The van der Waals surface area contributed by atoms with Gasteiger partial charge in [-0.1, -0.05) is 24.8 Å². The molecule has 0 bridgehead atoms. The van der Waals surface area contributed by atoms with Crippen molar-refractivity contribution >= 4 is 46.6 Å². The first-order chi connectivity index (χ1) is 11.9. The van der Waals surface area contributed by atoms with E-state index in [0.29, 0.717) is 23.0 Å². The lowest BCUT2D eigenvalue weighted by molar-refractivity contribution is -0.116.